The van der Waals surface area contributed by atoms with Gasteiger partial charge in [0.15, 0.2) is 0 Å². The molecule has 0 aromatic heterocycles. The summed E-state index contributed by atoms with van der Waals surface area (Å²) >= 11 is 0. The number of rotatable bonds is 19. The van der Waals surface area contributed by atoms with Gasteiger partial charge in [-0.3, -0.25) is 57.7 Å². The summed E-state index contributed by atoms with van der Waals surface area (Å²) in [7, 11) is 0. The van der Waals surface area contributed by atoms with Crippen molar-refractivity contribution in [3.63, 3.8) is 0 Å². The van der Waals surface area contributed by atoms with Crippen LogP contribution in [0.25, 0.3) is 0 Å². The quantitative estimate of drug-likeness (QED) is 0.0715. The highest BCUT2D eigenvalue weighted by atomic mass is 16.6. The van der Waals surface area contributed by atoms with Crippen LogP contribution < -0.4 is 21.3 Å². The highest BCUT2D eigenvalue weighted by Crippen LogP contribution is 2.11. The molecule has 2 rings (SSSR count). The second kappa shape index (κ2) is 19.3. The molecule has 0 saturated carbocycles. The number of ether oxygens (including phenoxy) is 2. The fourth-order valence-electron chi connectivity index (χ4n) is 4.72. The van der Waals surface area contributed by atoms with Gasteiger partial charge in [-0.2, -0.15) is 0 Å². The third-order valence-electron chi connectivity index (χ3n) is 7.01. The van der Waals surface area contributed by atoms with Crippen LogP contribution in [0.15, 0.2) is 24.3 Å². The number of nitrogens with zero attached hydrogens (tertiary/aromatic N) is 2. The molecule has 52 heavy (non-hydrogen) atoms. The molecule has 0 aromatic rings. The lowest BCUT2D eigenvalue weighted by Gasteiger charge is -2.28. The fourth-order valence-corrected chi connectivity index (χ4v) is 4.72. The molecule has 286 valence electrons. The zero-order valence-corrected chi connectivity index (χ0v) is 30.3. The van der Waals surface area contributed by atoms with Gasteiger partial charge in [-0.1, -0.05) is 0 Å². The van der Waals surface area contributed by atoms with Crippen molar-refractivity contribution in [3.05, 3.63) is 24.3 Å². The van der Waals surface area contributed by atoms with Crippen molar-refractivity contribution in [2.24, 2.45) is 0 Å². The molecule has 0 aromatic carbocycles. The molecule has 8 amide bonds. The highest BCUT2D eigenvalue weighted by Gasteiger charge is 2.37. The minimum atomic E-state index is -1.77. The van der Waals surface area contributed by atoms with Crippen molar-refractivity contribution in [1.29, 1.82) is 0 Å². The number of carbonyl (C=O) groups is 10. The van der Waals surface area contributed by atoms with Gasteiger partial charge in [0.1, 0.15) is 23.3 Å². The van der Waals surface area contributed by atoms with E-state index in [-0.39, 0.29) is 51.9 Å². The van der Waals surface area contributed by atoms with E-state index >= 15 is 0 Å². The van der Waals surface area contributed by atoms with Gasteiger partial charge in [-0.15, -0.1) is 0 Å². The Morgan fingerprint density at radius 3 is 1.15 bits per heavy atom. The minimum absolute atomic E-state index is 0.0679. The first-order chi connectivity index (χ1) is 24.2. The molecule has 2 atom stereocenters. The Bertz CT molecular complexity index is 1340. The Balaban J connectivity index is 2.24. The monoisotopic (exact) mass is 732 g/mol. The van der Waals surface area contributed by atoms with Crippen LogP contribution in [0.1, 0.15) is 80.1 Å². The van der Waals surface area contributed by atoms with E-state index < -0.39 is 95.3 Å². The van der Waals surface area contributed by atoms with E-state index in [0.717, 1.165) is 34.1 Å². The standard InChI is InChI=1S/C34H48N6O12/c1-33(2,3)51-27(47)9-7-17-35-31(49)29(37-21(41)15-19-39-23(43)11-12-24(39)44)30(32(50)36-18-8-10-28(48)52-34(4,5)6)38-22(42)16-20-40-25(45)13-14-26(40)46/h11-14,29-30H,7-10,15-20H2,1-6H3,(H,35,49)(H,36,50)(H,37,41)(H,38,42)/t29-,30+. The molecule has 0 fully saturated rings. The van der Waals surface area contributed by atoms with Crippen LogP contribution in [0.5, 0.6) is 0 Å². The van der Waals surface area contributed by atoms with Gasteiger partial charge in [0.25, 0.3) is 23.6 Å². The summed E-state index contributed by atoms with van der Waals surface area (Å²) in [6, 6.07) is -3.55. The first-order valence-corrected chi connectivity index (χ1v) is 16.8. The van der Waals surface area contributed by atoms with E-state index in [1.807, 2.05) is 0 Å². The summed E-state index contributed by atoms with van der Waals surface area (Å²) in [6.07, 6.45) is 3.30. The third-order valence-corrected chi connectivity index (χ3v) is 7.01. The largest absolute Gasteiger partial charge is 0.460 e. The molecule has 18 heteroatoms. The van der Waals surface area contributed by atoms with Crippen LogP contribution in [-0.2, 0) is 57.4 Å². The van der Waals surface area contributed by atoms with E-state index in [4.69, 9.17) is 9.47 Å². The predicted molar refractivity (Wildman–Crippen MR) is 181 cm³/mol. The van der Waals surface area contributed by atoms with Crippen LogP contribution in [0.4, 0.5) is 0 Å². The van der Waals surface area contributed by atoms with Crippen LogP contribution in [0.3, 0.4) is 0 Å². The molecule has 0 bridgehead atoms. The summed E-state index contributed by atoms with van der Waals surface area (Å²) in [4.78, 5) is 127. The van der Waals surface area contributed by atoms with Gasteiger partial charge in [-0.05, 0) is 54.4 Å². The lowest BCUT2D eigenvalue weighted by atomic mass is 10.0. The summed E-state index contributed by atoms with van der Waals surface area (Å²) < 4.78 is 10.5. The Morgan fingerprint density at radius 2 is 0.865 bits per heavy atom. The van der Waals surface area contributed by atoms with E-state index in [1.54, 1.807) is 41.5 Å². The molecular formula is C34H48N6O12. The Hall–Kier alpha value is -5.42. The second-order valence-corrected chi connectivity index (χ2v) is 13.9. The SMILES string of the molecule is CC(C)(C)OC(=O)CCCNC(=O)[C@@H](NC(=O)CCN1C(=O)C=CC1=O)[C@@H](NC(=O)CCN1C(=O)C=CC1=O)C(=O)NCCCC(=O)OC(C)(C)C. The van der Waals surface area contributed by atoms with Gasteiger partial charge in [0, 0.05) is 76.2 Å². The number of hydrogen-bond acceptors (Lipinski definition) is 12. The van der Waals surface area contributed by atoms with Crippen molar-refractivity contribution in [1.82, 2.24) is 31.1 Å². The van der Waals surface area contributed by atoms with Gasteiger partial charge >= 0.3 is 11.9 Å². The van der Waals surface area contributed by atoms with Crippen molar-refractivity contribution < 1.29 is 57.4 Å². The third kappa shape index (κ3) is 15.2. The molecule has 4 N–H and O–H groups in total. The van der Waals surface area contributed by atoms with Crippen LogP contribution in [-0.4, -0.2) is 118 Å². The molecule has 0 radical (unpaired) electrons. The maximum atomic E-state index is 13.6. The summed E-state index contributed by atoms with van der Waals surface area (Å²) in [5, 5.41) is 9.85. The molecule has 0 unspecified atom stereocenters. The van der Waals surface area contributed by atoms with E-state index in [1.165, 1.54) is 0 Å². The van der Waals surface area contributed by atoms with Crippen LogP contribution >= 0.6 is 0 Å². The van der Waals surface area contributed by atoms with E-state index in [0.29, 0.717) is 0 Å². The van der Waals surface area contributed by atoms with Crippen molar-refractivity contribution in [2.75, 3.05) is 26.2 Å². The molecule has 0 saturated heterocycles. The van der Waals surface area contributed by atoms with Crippen molar-refractivity contribution in [2.45, 2.75) is 103 Å². The smallest absolute Gasteiger partial charge is 0.306 e. The molecule has 2 aliphatic rings. The molecule has 2 aliphatic heterocycles. The average Bonchev–Trinajstić information content (AvgIpc) is 3.52. The van der Waals surface area contributed by atoms with Crippen molar-refractivity contribution >= 4 is 59.2 Å². The number of amides is 8. The summed E-state index contributed by atoms with van der Waals surface area (Å²) in [5.74, 6) is -7.20. The van der Waals surface area contributed by atoms with Crippen molar-refractivity contribution in [3.8, 4) is 0 Å². The van der Waals surface area contributed by atoms with Crippen LogP contribution in [0, 0.1) is 0 Å². The number of carbonyl (C=O) groups excluding carboxylic acids is 10. The lowest BCUT2D eigenvalue weighted by Crippen LogP contribution is -2.64. The normalized spacial score (nSPS) is 15.3. The van der Waals surface area contributed by atoms with Gasteiger partial charge in [-0.25, -0.2) is 0 Å². The highest BCUT2D eigenvalue weighted by molar-refractivity contribution is 6.13. The topological polar surface area (TPSA) is 244 Å². The first-order valence-electron chi connectivity index (χ1n) is 16.8. The molecule has 2 heterocycles. The average molecular weight is 733 g/mol. The minimum Gasteiger partial charge on any atom is -0.460 e. The zero-order chi connectivity index (χ0) is 39.2. The van der Waals surface area contributed by atoms with Gasteiger partial charge < -0.3 is 30.7 Å². The Labute approximate surface area is 301 Å². The molecule has 18 nitrogen and oxygen atoms in total. The van der Waals surface area contributed by atoms with Crippen LogP contribution in [0.2, 0.25) is 0 Å². The van der Waals surface area contributed by atoms with E-state index in [9.17, 15) is 47.9 Å². The van der Waals surface area contributed by atoms with Gasteiger partial charge in [0.2, 0.25) is 23.6 Å². The second-order valence-electron chi connectivity index (χ2n) is 13.9. The van der Waals surface area contributed by atoms with E-state index in [2.05, 4.69) is 21.3 Å². The maximum absolute atomic E-state index is 13.6. The summed E-state index contributed by atoms with van der Waals surface area (Å²) in [5.41, 5.74) is -1.46. The zero-order valence-electron chi connectivity index (χ0n) is 30.3. The maximum Gasteiger partial charge on any atom is 0.306 e. The first kappa shape index (κ1) is 42.7. The number of nitrogens with one attached hydrogen (secondary N) is 4. The summed E-state index contributed by atoms with van der Waals surface area (Å²) in [6.45, 7) is 9.28. The molecule has 0 spiro atoms. The molecular weight excluding hydrogens is 684 g/mol. The number of hydrogen-bond donors (Lipinski definition) is 4. The lowest BCUT2D eigenvalue weighted by molar-refractivity contribution is -0.156. The molecule has 0 aliphatic carbocycles. The fraction of sp³-hybridized carbons (Fsp3) is 0.588. The Morgan fingerprint density at radius 1 is 0.558 bits per heavy atom. The number of imide groups is 2. The predicted octanol–water partition coefficient (Wildman–Crippen LogP) is -0.938. The number of esters is 2. The van der Waals surface area contributed by atoms with Gasteiger partial charge in [0.05, 0.1) is 0 Å². The Kier molecular flexibility index (Phi) is 15.8.